The van der Waals surface area contributed by atoms with Crippen molar-refractivity contribution in [1.29, 1.82) is 0 Å². The summed E-state index contributed by atoms with van der Waals surface area (Å²) in [5.41, 5.74) is -0.132. The summed E-state index contributed by atoms with van der Waals surface area (Å²) in [6.07, 6.45) is 6.65. The maximum Gasteiger partial charge on any atom is 0.405 e. The van der Waals surface area contributed by atoms with Crippen molar-refractivity contribution >= 4 is 17.4 Å². The molecule has 5 nitrogen and oxygen atoms in total. The molecule has 0 spiro atoms. The lowest BCUT2D eigenvalue weighted by atomic mass is 9.81. The van der Waals surface area contributed by atoms with Crippen molar-refractivity contribution in [2.45, 2.75) is 19.9 Å². The van der Waals surface area contributed by atoms with Gasteiger partial charge < -0.3 is 19.9 Å². The summed E-state index contributed by atoms with van der Waals surface area (Å²) in [6, 6.07) is -0.125. The third-order valence-electron chi connectivity index (χ3n) is 3.21. The van der Waals surface area contributed by atoms with Gasteiger partial charge in [-0.1, -0.05) is 38.2 Å². The van der Waals surface area contributed by atoms with E-state index in [1.165, 1.54) is 0 Å². The zero-order chi connectivity index (χ0) is 15.3. The van der Waals surface area contributed by atoms with Gasteiger partial charge in [-0.05, 0) is 0 Å². The number of hydrogen-bond acceptors (Lipinski definition) is 4. The van der Waals surface area contributed by atoms with Crippen LogP contribution in [0.1, 0.15) is 13.8 Å². The molecule has 0 aromatic carbocycles. The first-order chi connectivity index (χ1) is 9.99. The molecular formula is C15H19NO4S. The molecule has 1 atom stereocenters. The Morgan fingerprint density at radius 1 is 1.29 bits per heavy atom. The van der Waals surface area contributed by atoms with E-state index in [1.54, 1.807) is 11.3 Å². The van der Waals surface area contributed by atoms with Crippen LogP contribution in [0.5, 0.6) is 11.5 Å². The number of amides is 1. The van der Waals surface area contributed by atoms with E-state index in [9.17, 15) is 4.79 Å². The SMILES string of the molecule is CC1(C)C=CC=CC1NC(=O)O.c1scc2c1OCCO2. The molecule has 3 rings (SSSR count). The first kappa shape index (κ1) is 15.4. The molecule has 1 aliphatic carbocycles. The van der Waals surface area contributed by atoms with Crippen LogP contribution in [0.15, 0.2) is 35.1 Å². The van der Waals surface area contributed by atoms with Gasteiger partial charge in [0.2, 0.25) is 0 Å². The van der Waals surface area contributed by atoms with E-state index >= 15 is 0 Å². The monoisotopic (exact) mass is 309 g/mol. The van der Waals surface area contributed by atoms with Gasteiger partial charge in [0.25, 0.3) is 0 Å². The van der Waals surface area contributed by atoms with Crippen molar-refractivity contribution in [3.8, 4) is 11.5 Å². The largest absolute Gasteiger partial charge is 0.485 e. The Kier molecular flexibility index (Phi) is 4.90. The summed E-state index contributed by atoms with van der Waals surface area (Å²) in [6.45, 7) is 5.36. The van der Waals surface area contributed by atoms with E-state index < -0.39 is 6.09 Å². The topological polar surface area (TPSA) is 67.8 Å². The van der Waals surface area contributed by atoms with Crippen LogP contribution in [0.4, 0.5) is 4.79 Å². The highest BCUT2D eigenvalue weighted by Gasteiger charge is 2.27. The van der Waals surface area contributed by atoms with Gasteiger partial charge in [0, 0.05) is 16.2 Å². The van der Waals surface area contributed by atoms with E-state index in [0.29, 0.717) is 13.2 Å². The summed E-state index contributed by atoms with van der Waals surface area (Å²) < 4.78 is 10.5. The Morgan fingerprint density at radius 2 is 1.90 bits per heavy atom. The minimum Gasteiger partial charge on any atom is -0.485 e. The molecule has 1 amide bonds. The predicted octanol–water partition coefficient (Wildman–Crippen LogP) is 3.29. The molecule has 1 unspecified atom stereocenters. The fourth-order valence-electron chi connectivity index (χ4n) is 1.98. The number of thiophene rings is 1. The van der Waals surface area contributed by atoms with Crippen LogP contribution in [-0.4, -0.2) is 30.5 Å². The molecule has 0 saturated carbocycles. The first-order valence-corrected chi connectivity index (χ1v) is 7.60. The average molecular weight is 309 g/mol. The maximum absolute atomic E-state index is 10.4. The number of fused-ring (bicyclic) bond motifs is 1. The van der Waals surface area contributed by atoms with Crippen molar-refractivity contribution in [2.24, 2.45) is 5.41 Å². The van der Waals surface area contributed by atoms with Gasteiger partial charge in [0.15, 0.2) is 11.5 Å². The molecule has 114 valence electrons. The minimum absolute atomic E-state index is 0.125. The van der Waals surface area contributed by atoms with Gasteiger partial charge in [-0.15, -0.1) is 11.3 Å². The lowest BCUT2D eigenvalue weighted by Crippen LogP contribution is -2.42. The molecule has 2 heterocycles. The van der Waals surface area contributed by atoms with Gasteiger partial charge in [-0.3, -0.25) is 0 Å². The molecule has 0 fully saturated rings. The Balaban J connectivity index is 0.000000159. The molecule has 1 aromatic heterocycles. The van der Waals surface area contributed by atoms with Crippen molar-refractivity contribution in [2.75, 3.05) is 13.2 Å². The third-order valence-corrected chi connectivity index (χ3v) is 3.91. The van der Waals surface area contributed by atoms with E-state index in [4.69, 9.17) is 14.6 Å². The Labute approximate surface area is 127 Å². The van der Waals surface area contributed by atoms with Crippen molar-refractivity contribution < 1.29 is 19.4 Å². The van der Waals surface area contributed by atoms with Crippen LogP contribution in [0.3, 0.4) is 0 Å². The Morgan fingerprint density at radius 3 is 2.43 bits per heavy atom. The van der Waals surface area contributed by atoms with Crippen molar-refractivity contribution in [3.05, 3.63) is 35.1 Å². The van der Waals surface area contributed by atoms with Gasteiger partial charge in [0.1, 0.15) is 13.2 Å². The van der Waals surface area contributed by atoms with Crippen LogP contribution in [0.2, 0.25) is 0 Å². The van der Waals surface area contributed by atoms with Gasteiger partial charge in [-0.25, -0.2) is 4.79 Å². The smallest absolute Gasteiger partial charge is 0.405 e. The van der Waals surface area contributed by atoms with Crippen LogP contribution in [0, 0.1) is 5.41 Å². The van der Waals surface area contributed by atoms with E-state index in [2.05, 4.69) is 5.32 Å². The molecule has 6 heteroatoms. The summed E-state index contributed by atoms with van der Waals surface area (Å²) in [5.74, 6) is 1.79. The standard InChI is InChI=1S/C9H13NO2.C6H6O2S/c1-9(2)6-4-3-5-7(9)10-8(11)12;1-2-8-6-4-9-3-5(6)7-1/h3-7,10H,1-2H3,(H,11,12);3-4H,1-2H2. The average Bonchev–Trinajstić information content (AvgIpc) is 2.90. The Hall–Kier alpha value is -1.95. The number of nitrogens with one attached hydrogen (secondary N) is 1. The fourth-order valence-corrected chi connectivity index (χ4v) is 2.67. The highest BCUT2D eigenvalue weighted by molar-refractivity contribution is 7.08. The van der Waals surface area contributed by atoms with Gasteiger partial charge in [-0.2, -0.15) is 0 Å². The molecule has 1 aliphatic heterocycles. The quantitative estimate of drug-likeness (QED) is 0.835. The summed E-state index contributed by atoms with van der Waals surface area (Å²) in [4.78, 5) is 10.4. The number of carboxylic acid groups (broad SMARTS) is 1. The number of carbonyl (C=O) groups is 1. The van der Waals surface area contributed by atoms with Crippen LogP contribution >= 0.6 is 11.3 Å². The van der Waals surface area contributed by atoms with Gasteiger partial charge >= 0.3 is 6.09 Å². The third kappa shape index (κ3) is 4.26. The molecular weight excluding hydrogens is 290 g/mol. The molecule has 0 bridgehead atoms. The zero-order valence-electron chi connectivity index (χ0n) is 12.0. The molecule has 2 aliphatic rings. The van der Waals surface area contributed by atoms with Gasteiger partial charge in [0.05, 0.1) is 6.04 Å². The first-order valence-electron chi connectivity index (χ1n) is 6.66. The van der Waals surface area contributed by atoms with E-state index in [1.807, 2.05) is 48.9 Å². The molecule has 0 saturated heterocycles. The number of hydrogen-bond donors (Lipinski definition) is 2. The number of allylic oxidation sites excluding steroid dienone is 2. The number of ether oxygens (including phenoxy) is 2. The highest BCUT2D eigenvalue weighted by atomic mass is 32.1. The molecule has 2 N–H and O–H groups in total. The second-order valence-corrected chi connectivity index (χ2v) is 6.03. The van der Waals surface area contributed by atoms with Crippen LogP contribution in [0.25, 0.3) is 0 Å². The summed E-state index contributed by atoms with van der Waals surface area (Å²) >= 11 is 1.61. The molecule has 0 radical (unpaired) electrons. The predicted molar refractivity (Wildman–Crippen MR) is 82.3 cm³/mol. The van der Waals surface area contributed by atoms with E-state index in [-0.39, 0.29) is 11.5 Å². The lowest BCUT2D eigenvalue weighted by molar-refractivity contribution is 0.173. The molecule has 21 heavy (non-hydrogen) atoms. The fraction of sp³-hybridized carbons (Fsp3) is 0.400. The van der Waals surface area contributed by atoms with Crippen molar-refractivity contribution in [3.63, 3.8) is 0 Å². The van der Waals surface area contributed by atoms with Crippen LogP contribution in [-0.2, 0) is 0 Å². The van der Waals surface area contributed by atoms with Crippen molar-refractivity contribution in [1.82, 2.24) is 5.32 Å². The second-order valence-electron chi connectivity index (χ2n) is 5.29. The van der Waals surface area contributed by atoms with Crippen LogP contribution < -0.4 is 14.8 Å². The highest BCUT2D eigenvalue weighted by Crippen LogP contribution is 2.33. The maximum atomic E-state index is 10.4. The lowest BCUT2D eigenvalue weighted by Gasteiger charge is -2.30. The Bertz CT molecular complexity index is 527. The second kappa shape index (κ2) is 6.67. The summed E-state index contributed by atoms with van der Waals surface area (Å²) in [5, 5.41) is 14.9. The minimum atomic E-state index is -0.979. The summed E-state index contributed by atoms with van der Waals surface area (Å²) in [7, 11) is 0. The zero-order valence-corrected chi connectivity index (χ0v) is 12.9. The number of rotatable bonds is 1. The normalized spacial score (nSPS) is 21.1. The van der Waals surface area contributed by atoms with E-state index in [0.717, 1.165) is 11.5 Å². The molecule has 1 aromatic rings.